The van der Waals surface area contributed by atoms with E-state index in [4.69, 9.17) is 4.43 Å². The molecule has 134 valence electrons. The second-order valence-corrected chi connectivity index (χ2v) is 49.6. The van der Waals surface area contributed by atoms with Crippen molar-refractivity contribution in [2.45, 2.75) is 111 Å². The fourth-order valence-corrected chi connectivity index (χ4v) is 99.6. The highest BCUT2D eigenvalue weighted by Crippen LogP contribution is 2.39. The van der Waals surface area contributed by atoms with Crippen molar-refractivity contribution < 1.29 is 4.43 Å². The maximum absolute atomic E-state index is 7.24. The fourth-order valence-electron chi connectivity index (χ4n) is 5.12. The maximum Gasteiger partial charge on any atom is 0.158 e. The molecule has 0 aromatic carbocycles. The Kier molecular flexibility index (Phi) is 8.59. The molecule has 1 unspecified atom stereocenters. The van der Waals surface area contributed by atoms with Gasteiger partial charge in [0, 0.05) is 6.10 Å². The van der Waals surface area contributed by atoms with Gasteiger partial charge in [0.15, 0.2) is 6.87 Å². The molecule has 5 heteroatoms. The van der Waals surface area contributed by atoms with Gasteiger partial charge in [0.2, 0.25) is 0 Å². The van der Waals surface area contributed by atoms with Gasteiger partial charge < -0.3 is 4.43 Å². The van der Waals surface area contributed by atoms with E-state index >= 15 is 0 Å². The van der Waals surface area contributed by atoms with E-state index in [-0.39, 0.29) is 0 Å². The Morgan fingerprint density at radius 2 is 1.09 bits per heavy atom. The predicted octanol–water partition coefficient (Wildman–Crippen LogP) is 6.56. The van der Waals surface area contributed by atoms with Gasteiger partial charge in [-0.2, -0.15) is 0 Å². The number of hydrogen-bond donors (Lipinski definition) is 0. The van der Waals surface area contributed by atoms with Crippen LogP contribution in [0.3, 0.4) is 0 Å². The lowest BCUT2D eigenvalue weighted by Gasteiger charge is -2.57. The van der Waals surface area contributed by atoms with E-state index in [1.165, 1.54) is 32.1 Å². The Balaban J connectivity index is 5.35. The molecule has 1 nitrogen and oxygen atoms in total. The zero-order chi connectivity index (χ0) is 17.8. The van der Waals surface area contributed by atoms with E-state index in [1.54, 1.807) is 0 Å². The van der Waals surface area contributed by atoms with Crippen molar-refractivity contribution in [2.75, 3.05) is 0 Å². The smallest absolute Gasteiger partial charge is 0.158 e. The van der Waals surface area contributed by atoms with Gasteiger partial charge in [0.1, 0.15) is 0 Å². The molecule has 0 saturated heterocycles. The van der Waals surface area contributed by atoms with E-state index in [2.05, 4.69) is 72.8 Å². The maximum atomic E-state index is 7.24. The van der Waals surface area contributed by atoms with Gasteiger partial charge in [-0.05, 0) is 13.3 Å². The van der Waals surface area contributed by atoms with E-state index < -0.39 is 29.6 Å². The third-order valence-electron chi connectivity index (χ3n) is 5.01. The monoisotopic (exact) mass is 376 g/mol. The lowest BCUT2D eigenvalue weighted by molar-refractivity contribution is 0.212. The average Bonchev–Trinajstić information content (AvgIpc) is 2.26. The van der Waals surface area contributed by atoms with Crippen LogP contribution in [-0.2, 0) is 4.43 Å². The van der Waals surface area contributed by atoms with E-state index in [0.29, 0.717) is 6.10 Å². The number of unbranched alkanes of at least 4 members (excludes halogenated alkanes) is 3. The Labute approximate surface area is 145 Å². The summed E-state index contributed by atoms with van der Waals surface area (Å²) < 4.78 is 7.24. The van der Waals surface area contributed by atoms with Crippen molar-refractivity contribution in [3.05, 3.63) is 0 Å². The molecule has 0 rings (SSSR count). The SMILES string of the molecule is CCCCCCC(C)O[Si]([Si](C)(C)C)([Si](C)(C)C)[Si](C)(C)C. The Morgan fingerprint density at radius 3 is 1.41 bits per heavy atom. The zero-order valence-corrected chi connectivity index (χ0v) is 21.5. The summed E-state index contributed by atoms with van der Waals surface area (Å²) in [6.07, 6.45) is 7.19. The van der Waals surface area contributed by atoms with E-state index in [0.717, 1.165) is 0 Å². The molecule has 0 fully saturated rings. The molecule has 0 radical (unpaired) electrons. The summed E-state index contributed by atoms with van der Waals surface area (Å²) in [6, 6.07) is 0. The van der Waals surface area contributed by atoms with Crippen LogP contribution in [0.15, 0.2) is 0 Å². The first-order chi connectivity index (χ1) is 9.70. The normalized spacial score (nSPS) is 16.0. The van der Waals surface area contributed by atoms with Crippen LogP contribution in [0.4, 0.5) is 0 Å². The van der Waals surface area contributed by atoms with Crippen molar-refractivity contribution in [3.8, 4) is 0 Å². The molecule has 22 heavy (non-hydrogen) atoms. The molecule has 0 amide bonds. The van der Waals surface area contributed by atoms with Gasteiger partial charge in [0.05, 0.1) is 22.8 Å². The van der Waals surface area contributed by atoms with Gasteiger partial charge in [-0.15, -0.1) is 0 Å². The average molecular weight is 377 g/mol. The van der Waals surface area contributed by atoms with Gasteiger partial charge in [0.25, 0.3) is 0 Å². The largest absolute Gasteiger partial charge is 0.423 e. The van der Waals surface area contributed by atoms with Crippen LogP contribution < -0.4 is 0 Å². The molecule has 0 saturated carbocycles. The molecule has 0 spiro atoms. The van der Waals surface area contributed by atoms with Crippen LogP contribution in [0, 0.1) is 0 Å². The van der Waals surface area contributed by atoms with Crippen LogP contribution in [0.1, 0.15) is 46.0 Å². The van der Waals surface area contributed by atoms with E-state index in [9.17, 15) is 0 Å². The Bertz CT molecular complexity index is 287. The molecular weight excluding hydrogens is 333 g/mol. The van der Waals surface area contributed by atoms with Gasteiger partial charge in [-0.25, -0.2) is 0 Å². The molecule has 0 aliphatic carbocycles. The van der Waals surface area contributed by atoms with Crippen molar-refractivity contribution in [1.29, 1.82) is 0 Å². The van der Waals surface area contributed by atoms with Crippen LogP contribution in [0.25, 0.3) is 0 Å². The summed E-state index contributed by atoms with van der Waals surface area (Å²) in [4.78, 5) is 0. The van der Waals surface area contributed by atoms with Crippen LogP contribution in [0.2, 0.25) is 58.9 Å². The highest BCUT2D eigenvalue weighted by atomic mass is 29.9. The molecule has 0 N–H and O–H groups in total. The molecule has 0 aliphatic heterocycles. The molecule has 0 aliphatic rings. The third-order valence-corrected chi connectivity index (χ3v) is 72.7. The standard InChI is InChI=1S/C17H44OSi4/c1-12-13-14-15-16-17(2)18-22(19(3,4)5,20(6,7)8)21(9,10)11/h17H,12-16H2,1-11H3. The highest BCUT2D eigenvalue weighted by molar-refractivity contribution is 7.87. The minimum atomic E-state index is -1.62. The van der Waals surface area contributed by atoms with Crippen LogP contribution >= 0.6 is 0 Å². The Hall–Kier alpha value is 0.828. The van der Waals surface area contributed by atoms with Crippen molar-refractivity contribution in [2.24, 2.45) is 0 Å². The number of rotatable bonds is 10. The molecule has 0 aromatic heterocycles. The molecular formula is C17H44OSi4. The summed E-state index contributed by atoms with van der Waals surface area (Å²) in [5, 5.41) is 0. The Morgan fingerprint density at radius 1 is 0.682 bits per heavy atom. The summed E-state index contributed by atoms with van der Waals surface area (Å²) in [5.74, 6) is 0. The minimum Gasteiger partial charge on any atom is -0.423 e. The summed E-state index contributed by atoms with van der Waals surface area (Å²) in [7, 11) is -3.85. The summed E-state index contributed by atoms with van der Waals surface area (Å²) in [5.41, 5.74) is 0. The first kappa shape index (κ1) is 22.8. The van der Waals surface area contributed by atoms with Crippen LogP contribution in [-0.4, -0.2) is 35.7 Å². The first-order valence-corrected chi connectivity index (χ1v) is 24.8. The van der Waals surface area contributed by atoms with Crippen molar-refractivity contribution >= 4 is 29.6 Å². The number of hydrogen-bond acceptors (Lipinski definition) is 1. The summed E-state index contributed by atoms with van der Waals surface area (Å²) in [6.45, 7) is 26.5. The molecule has 0 bridgehead atoms. The van der Waals surface area contributed by atoms with Crippen LogP contribution in [0.5, 0.6) is 0 Å². The highest BCUT2D eigenvalue weighted by Gasteiger charge is 2.64. The van der Waals surface area contributed by atoms with E-state index in [1.807, 2.05) is 0 Å². The fraction of sp³-hybridized carbons (Fsp3) is 1.00. The second kappa shape index (κ2) is 8.27. The molecule has 0 heterocycles. The quantitative estimate of drug-likeness (QED) is 0.310. The second-order valence-electron chi connectivity index (χ2n) is 10.2. The van der Waals surface area contributed by atoms with Gasteiger partial charge >= 0.3 is 0 Å². The molecule has 1 atom stereocenters. The van der Waals surface area contributed by atoms with Gasteiger partial charge in [-0.3, -0.25) is 0 Å². The first-order valence-electron chi connectivity index (χ1n) is 9.38. The molecule has 0 aromatic rings. The lowest BCUT2D eigenvalue weighted by Crippen LogP contribution is -2.84. The predicted molar refractivity (Wildman–Crippen MR) is 115 cm³/mol. The summed E-state index contributed by atoms with van der Waals surface area (Å²) >= 11 is 0. The third kappa shape index (κ3) is 5.43. The lowest BCUT2D eigenvalue weighted by atomic mass is 10.1. The minimum absolute atomic E-state index is 0.480. The van der Waals surface area contributed by atoms with Gasteiger partial charge in [-0.1, -0.05) is 91.5 Å². The topological polar surface area (TPSA) is 9.23 Å². The van der Waals surface area contributed by atoms with Crippen molar-refractivity contribution in [3.63, 3.8) is 0 Å². The zero-order valence-electron chi connectivity index (χ0n) is 17.5. The van der Waals surface area contributed by atoms with Crippen molar-refractivity contribution in [1.82, 2.24) is 0 Å².